The highest BCUT2D eigenvalue weighted by Crippen LogP contribution is 2.12. The molecule has 5 heteroatoms. The predicted octanol–water partition coefficient (Wildman–Crippen LogP) is -0.0559. The maximum atomic E-state index is 10.4. The molecule has 0 fully saturated rings. The number of hydrogen-bond acceptors (Lipinski definition) is 3. The highest BCUT2D eigenvalue weighted by molar-refractivity contribution is 5.73. The van der Waals surface area contributed by atoms with Crippen LogP contribution in [0.1, 0.15) is 0 Å². The number of aliphatic hydroxyl groups excluding tert-OH is 1. The number of carbonyl (C=O) groups is 1. The lowest BCUT2D eigenvalue weighted by molar-refractivity contribution is -0.831. The smallest absolute Gasteiger partial charge is 0.433 e. The zero-order chi connectivity index (χ0) is 7.61. The molecule has 0 aromatic heterocycles. The summed E-state index contributed by atoms with van der Waals surface area (Å²) in [6, 6.07) is 0. The third-order valence-electron chi connectivity index (χ3n) is 1.24. The number of amides is 1. The molecule has 10 heavy (non-hydrogen) atoms. The SMILES string of the molecule is O=C(O)[N+]1(CO)C=CC=N1. The second-order valence-electron chi connectivity index (χ2n) is 1.86. The minimum atomic E-state index is -1.19. The fraction of sp³-hybridized carbons (Fsp3) is 0.200. The van der Waals surface area contributed by atoms with Crippen molar-refractivity contribution in [2.75, 3.05) is 6.73 Å². The first-order valence-corrected chi connectivity index (χ1v) is 2.67. The average Bonchev–Trinajstić information content (AvgIpc) is 2.35. The van der Waals surface area contributed by atoms with E-state index >= 15 is 0 Å². The van der Waals surface area contributed by atoms with Crippen LogP contribution in [-0.4, -0.2) is 33.8 Å². The highest BCUT2D eigenvalue weighted by atomic mass is 16.4. The van der Waals surface area contributed by atoms with Crippen molar-refractivity contribution in [3.8, 4) is 0 Å². The van der Waals surface area contributed by atoms with E-state index in [1.807, 2.05) is 0 Å². The summed E-state index contributed by atoms with van der Waals surface area (Å²) in [5.74, 6) is 0. The molecule has 0 aromatic carbocycles. The molecule has 0 saturated heterocycles. The minimum Gasteiger partial charge on any atom is -0.433 e. The summed E-state index contributed by atoms with van der Waals surface area (Å²) in [7, 11) is 0. The Kier molecular flexibility index (Phi) is 1.52. The van der Waals surface area contributed by atoms with Gasteiger partial charge in [-0.2, -0.15) is 4.79 Å². The molecule has 1 unspecified atom stereocenters. The van der Waals surface area contributed by atoms with Gasteiger partial charge in [-0.3, -0.25) is 0 Å². The first-order valence-electron chi connectivity index (χ1n) is 2.67. The van der Waals surface area contributed by atoms with Crippen LogP contribution in [0.15, 0.2) is 17.4 Å². The summed E-state index contributed by atoms with van der Waals surface area (Å²) in [4.78, 5) is 10.4. The number of aliphatic hydroxyl groups is 1. The van der Waals surface area contributed by atoms with Crippen LogP contribution in [0.5, 0.6) is 0 Å². The van der Waals surface area contributed by atoms with Crippen molar-refractivity contribution in [2.45, 2.75) is 0 Å². The van der Waals surface area contributed by atoms with Crippen LogP contribution in [0.3, 0.4) is 0 Å². The lowest BCUT2D eigenvalue weighted by Gasteiger charge is -2.14. The summed E-state index contributed by atoms with van der Waals surface area (Å²) in [5.41, 5.74) is 0. The summed E-state index contributed by atoms with van der Waals surface area (Å²) >= 11 is 0. The molecule has 1 amide bonds. The zero-order valence-electron chi connectivity index (χ0n) is 5.14. The Hall–Kier alpha value is -1.20. The predicted molar refractivity (Wildman–Crippen MR) is 33.0 cm³/mol. The fourth-order valence-electron chi connectivity index (χ4n) is 0.634. The first-order chi connectivity index (χ1) is 4.71. The van der Waals surface area contributed by atoms with Crippen LogP contribution >= 0.6 is 0 Å². The molecular weight excluding hydrogens is 136 g/mol. The van der Waals surface area contributed by atoms with Gasteiger partial charge in [-0.1, -0.05) is 5.10 Å². The number of quaternary nitrogens is 1. The van der Waals surface area contributed by atoms with Crippen LogP contribution in [0.4, 0.5) is 4.79 Å². The Morgan fingerprint density at radius 2 is 2.40 bits per heavy atom. The summed E-state index contributed by atoms with van der Waals surface area (Å²) in [6.45, 7) is -0.553. The Morgan fingerprint density at radius 1 is 1.70 bits per heavy atom. The van der Waals surface area contributed by atoms with Crippen molar-refractivity contribution in [3.05, 3.63) is 12.3 Å². The molecule has 1 heterocycles. The lowest BCUT2D eigenvalue weighted by Crippen LogP contribution is -2.41. The molecule has 54 valence electrons. The first kappa shape index (κ1) is 6.91. The van der Waals surface area contributed by atoms with Gasteiger partial charge in [0.15, 0.2) is 0 Å². The van der Waals surface area contributed by atoms with Crippen molar-refractivity contribution in [1.29, 1.82) is 0 Å². The maximum absolute atomic E-state index is 10.4. The van der Waals surface area contributed by atoms with Gasteiger partial charge in [-0.05, 0) is 4.59 Å². The summed E-state index contributed by atoms with van der Waals surface area (Å²) in [6.07, 6.45) is 2.92. The molecule has 0 bridgehead atoms. The zero-order valence-corrected chi connectivity index (χ0v) is 5.14. The number of carboxylic acid groups (broad SMARTS) is 1. The largest absolute Gasteiger partial charge is 0.547 e. The van der Waals surface area contributed by atoms with E-state index in [2.05, 4.69) is 5.10 Å². The van der Waals surface area contributed by atoms with Crippen molar-refractivity contribution in [3.63, 3.8) is 0 Å². The van der Waals surface area contributed by atoms with E-state index in [0.717, 1.165) is 0 Å². The number of allylic oxidation sites excluding steroid dienone is 1. The van der Waals surface area contributed by atoms with Gasteiger partial charge in [0.25, 0.3) is 0 Å². The van der Waals surface area contributed by atoms with Crippen molar-refractivity contribution in [2.24, 2.45) is 5.10 Å². The third-order valence-corrected chi connectivity index (χ3v) is 1.24. The van der Waals surface area contributed by atoms with Crippen molar-refractivity contribution < 1.29 is 19.6 Å². The van der Waals surface area contributed by atoms with Gasteiger partial charge >= 0.3 is 6.09 Å². The van der Waals surface area contributed by atoms with Gasteiger partial charge in [0.1, 0.15) is 6.20 Å². The van der Waals surface area contributed by atoms with Gasteiger partial charge in [0.2, 0.25) is 6.73 Å². The van der Waals surface area contributed by atoms with Crippen LogP contribution in [0.25, 0.3) is 0 Å². The molecule has 0 spiro atoms. The molecule has 1 rings (SSSR count). The van der Waals surface area contributed by atoms with Gasteiger partial charge in [0, 0.05) is 6.08 Å². The Bertz CT molecular complexity index is 197. The quantitative estimate of drug-likeness (QED) is 0.505. The molecule has 0 aliphatic carbocycles. The van der Waals surface area contributed by atoms with Crippen LogP contribution in [0, 0.1) is 0 Å². The van der Waals surface area contributed by atoms with Gasteiger partial charge in [-0.15, -0.1) is 0 Å². The number of rotatable bonds is 1. The van der Waals surface area contributed by atoms with E-state index in [9.17, 15) is 4.79 Å². The normalized spacial score (nSPS) is 29.3. The molecule has 2 N–H and O–H groups in total. The number of nitrogens with zero attached hydrogens (tertiary/aromatic N) is 2. The van der Waals surface area contributed by atoms with Crippen molar-refractivity contribution in [1.82, 2.24) is 0 Å². The van der Waals surface area contributed by atoms with Gasteiger partial charge in [-0.25, -0.2) is 0 Å². The summed E-state index contributed by atoms with van der Waals surface area (Å²) in [5, 5.41) is 20.7. The maximum Gasteiger partial charge on any atom is 0.547 e. The summed E-state index contributed by atoms with van der Waals surface area (Å²) < 4.78 is -0.764. The van der Waals surface area contributed by atoms with Crippen molar-refractivity contribution >= 4 is 12.3 Å². The lowest BCUT2D eigenvalue weighted by atomic mass is 10.6. The molecule has 1 atom stereocenters. The highest BCUT2D eigenvalue weighted by Gasteiger charge is 2.36. The Morgan fingerprint density at radius 3 is 2.60 bits per heavy atom. The molecular formula is C5H7N2O3+. The topological polar surface area (TPSA) is 69.9 Å². The van der Waals surface area contributed by atoms with E-state index in [1.54, 1.807) is 0 Å². The van der Waals surface area contributed by atoms with Crippen LogP contribution in [0.2, 0.25) is 0 Å². The monoisotopic (exact) mass is 143 g/mol. The Balaban J connectivity index is 2.90. The Labute approximate surface area is 57.1 Å². The molecule has 0 radical (unpaired) electrons. The van der Waals surface area contributed by atoms with E-state index in [1.165, 1.54) is 18.5 Å². The fourth-order valence-corrected chi connectivity index (χ4v) is 0.634. The van der Waals surface area contributed by atoms with E-state index in [0.29, 0.717) is 0 Å². The van der Waals surface area contributed by atoms with Crippen LogP contribution in [-0.2, 0) is 0 Å². The number of hydrogen-bond donors (Lipinski definition) is 2. The molecule has 1 aliphatic heterocycles. The van der Waals surface area contributed by atoms with E-state index in [-0.39, 0.29) is 0 Å². The van der Waals surface area contributed by atoms with Crippen LogP contribution < -0.4 is 0 Å². The average molecular weight is 143 g/mol. The molecule has 5 nitrogen and oxygen atoms in total. The second kappa shape index (κ2) is 2.20. The van der Waals surface area contributed by atoms with Gasteiger partial charge in [0.05, 0.1) is 6.21 Å². The second-order valence-corrected chi connectivity index (χ2v) is 1.86. The minimum absolute atomic E-state index is 0.553. The third kappa shape index (κ3) is 0.810. The molecule has 0 aromatic rings. The molecule has 0 saturated carbocycles. The molecule has 1 aliphatic rings. The van der Waals surface area contributed by atoms with Gasteiger partial charge < -0.3 is 10.2 Å². The van der Waals surface area contributed by atoms with E-state index in [4.69, 9.17) is 10.2 Å². The van der Waals surface area contributed by atoms with E-state index < -0.39 is 17.4 Å². The standard InChI is InChI=1S/C5H6N2O3/c8-4-7(5(9)10)3-1-2-6-7/h1-3,8H,4H2/p+1.